The van der Waals surface area contributed by atoms with E-state index in [0.717, 1.165) is 18.4 Å². The molecule has 0 bridgehead atoms. The zero-order valence-corrected chi connectivity index (χ0v) is 10.5. The summed E-state index contributed by atoms with van der Waals surface area (Å²) in [6.07, 6.45) is 6.61. The van der Waals surface area contributed by atoms with E-state index in [1.165, 1.54) is 44.9 Å². The van der Waals surface area contributed by atoms with E-state index in [-0.39, 0.29) is 18.9 Å². The van der Waals surface area contributed by atoms with Crippen molar-refractivity contribution in [2.24, 2.45) is 11.8 Å². The van der Waals surface area contributed by atoms with Gasteiger partial charge in [0.05, 0.1) is 0 Å². The number of nitrogens with zero attached hydrogens (tertiary/aromatic N) is 2. The van der Waals surface area contributed by atoms with Crippen LogP contribution in [0.2, 0.25) is 0 Å². The monoisotopic (exact) mass is 201 g/mol. The van der Waals surface area contributed by atoms with Crippen molar-refractivity contribution < 1.29 is 18.9 Å². The Kier molecular flexibility index (Phi) is 5.71. The summed E-state index contributed by atoms with van der Waals surface area (Å²) in [6.45, 7) is 8.26. The fraction of sp³-hybridized carbons (Fsp3) is 0.917. The van der Waals surface area contributed by atoms with E-state index in [1.54, 1.807) is 0 Å². The summed E-state index contributed by atoms with van der Waals surface area (Å²) in [7, 11) is 0. The third-order valence-corrected chi connectivity index (χ3v) is 3.60. The Hall–Kier alpha value is 0.517. The van der Waals surface area contributed by atoms with E-state index in [2.05, 4.69) is 24.1 Å². The van der Waals surface area contributed by atoms with Gasteiger partial charge in [0.15, 0.2) is 0 Å². The average molecular weight is 201 g/mol. The number of hydrogen-bond donors (Lipinski definition) is 0. The van der Waals surface area contributed by atoms with Crippen molar-refractivity contribution in [3.05, 3.63) is 11.5 Å². The first kappa shape index (κ1) is 13.6. The molecule has 0 saturated carbocycles. The Balaban J connectivity index is 0.00000112. The van der Waals surface area contributed by atoms with Gasteiger partial charge in [-0.05, 0) is 37.8 Å². The fourth-order valence-electron chi connectivity index (χ4n) is 2.39. The summed E-state index contributed by atoms with van der Waals surface area (Å²) in [5, 5.41) is 4.67. The molecule has 0 amide bonds. The van der Waals surface area contributed by atoms with Crippen LogP contribution in [0.15, 0.2) is 0 Å². The van der Waals surface area contributed by atoms with E-state index in [0.29, 0.717) is 0 Å². The number of likely N-dealkylation sites (tertiary alicyclic amines) is 1. The van der Waals surface area contributed by atoms with Crippen molar-refractivity contribution in [2.75, 3.05) is 19.6 Å². The fourth-order valence-corrected chi connectivity index (χ4v) is 2.39. The van der Waals surface area contributed by atoms with Crippen LogP contribution in [0.4, 0.5) is 0 Å². The third-order valence-electron chi connectivity index (χ3n) is 3.60. The van der Waals surface area contributed by atoms with Crippen LogP contribution in [0.1, 0.15) is 39.5 Å². The molecule has 2 saturated heterocycles. The van der Waals surface area contributed by atoms with Crippen LogP contribution in [0.25, 0.3) is 5.32 Å². The minimum Gasteiger partial charge on any atom is -0.644 e. The van der Waals surface area contributed by atoms with E-state index in [1.807, 2.05) is 0 Å². The van der Waals surface area contributed by atoms with Gasteiger partial charge in [-0.1, -0.05) is 32.9 Å². The van der Waals surface area contributed by atoms with E-state index >= 15 is 0 Å². The SMILES string of the molecule is CC1CCN([C]2CC(C)CC[N-]2)CC1.[Li+]. The molecule has 0 aliphatic carbocycles. The van der Waals surface area contributed by atoms with Crippen LogP contribution in [0.5, 0.6) is 0 Å². The van der Waals surface area contributed by atoms with Gasteiger partial charge in [-0.3, -0.25) is 0 Å². The van der Waals surface area contributed by atoms with Crippen LogP contribution >= 0.6 is 0 Å². The van der Waals surface area contributed by atoms with Crippen LogP contribution in [0.3, 0.4) is 0 Å². The van der Waals surface area contributed by atoms with Gasteiger partial charge in [-0.2, -0.15) is 0 Å². The average Bonchev–Trinajstić information content (AvgIpc) is 2.19. The smallest absolute Gasteiger partial charge is 0.644 e. The molecule has 2 nitrogen and oxygen atoms in total. The molecular formula is C12H22LiN2. The number of piperidine rings is 2. The molecule has 0 aromatic carbocycles. The molecule has 0 aromatic rings. The molecule has 3 heteroatoms. The standard InChI is InChI=1S/C12H22N2.Li/c1-10-4-7-14(8-5-10)12-9-11(2)3-6-13-12;/h10-11H,3-9H2,1-2H3;/q-1;+1. The quantitative estimate of drug-likeness (QED) is 0.547. The molecule has 2 heterocycles. The van der Waals surface area contributed by atoms with Crippen molar-refractivity contribution in [3.63, 3.8) is 0 Å². The Morgan fingerprint density at radius 1 is 1.07 bits per heavy atom. The normalized spacial score (nSPS) is 31.2. The summed E-state index contributed by atoms with van der Waals surface area (Å²) in [4.78, 5) is 2.52. The second kappa shape index (κ2) is 6.30. The molecule has 2 rings (SSSR count). The molecule has 0 spiro atoms. The maximum absolute atomic E-state index is 4.67. The minimum atomic E-state index is 0. The minimum absolute atomic E-state index is 0. The molecule has 2 aliphatic heterocycles. The molecule has 15 heavy (non-hydrogen) atoms. The van der Waals surface area contributed by atoms with Crippen molar-refractivity contribution in [3.8, 4) is 0 Å². The molecule has 2 fully saturated rings. The predicted molar refractivity (Wildman–Crippen MR) is 59.8 cm³/mol. The Morgan fingerprint density at radius 2 is 1.73 bits per heavy atom. The molecule has 0 N–H and O–H groups in total. The van der Waals surface area contributed by atoms with E-state index in [4.69, 9.17) is 0 Å². The number of hydrogen-bond acceptors (Lipinski definition) is 1. The Labute approximate surface area is 106 Å². The maximum Gasteiger partial charge on any atom is 1.00 e. The topological polar surface area (TPSA) is 17.3 Å². The van der Waals surface area contributed by atoms with Crippen LogP contribution in [-0.2, 0) is 0 Å². The van der Waals surface area contributed by atoms with Gasteiger partial charge in [0, 0.05) is 0 Å². The molecular weight excluding hydrogens is 179 g/mol. The maximum atomic E-state index is 4.67. The Bertz CT molecular complexity index is 178. The van der Waals surface area contributed by atoms with Crippen molar-refractivity contribution in [1.82, 2.24) is 4.90 Å². The summed E-state index contributed by atoms with van der Waals surface area (Å²) < 4.78 is 0. The first-order chi connectivity index (χ1) is 6.75. The first-order valence-electron chi connectivity index (χ1n) is 6.04. The van der Waals surface area contributed by atoms with Crippen LogP contribution in [-0.4, -0.2) is 24.5 Å². The number of rotatable bonds is 1. The predicted octanol–water partition coefficient (Wildman–Crippen LogP) is 0.0154. The summed E-state index contributed by atoms with van der Waals surface area (Å²) in [5.41, 5.74) is 0. The molecule has 1 radical (unpaired) electrons. The molecule has 0 aromatic heterocycles. The van der Waals surface area contributed by atoms with Crippen molar-refractivity contribution >= 4 is 0 Å². The molecule has 2 aliphatic rings. The second-order valence-electron chi connectivity index (χ2n) is 5.07. The van der Waals surface area contributed by atoms with Gasteiger partial charge in [-0.15, -0.1) is 6.54 Å². The van der Waals surface area contributed by atoms with Gasteiger partial charge in [0.25, 0.3) is 0 Å². The summed E-state index contributed by atoms with van der Waals surface area (Å²) >= 11 is 0. The second-order valence-corrected chi connectivity index (χ2v) is 5.07. The van der Waals surface area contributed by atoms with Gasteiger partial charge in [0.1, 0.15) is 0 Å². The van der Waals surface area contributed by atoms with Crippen molar-refractivity contribution in [2.45, 2.75) is 39.5 Å². The van der Waals surface area contributed by atoms with E-state index in [9.17, 15) is 0 Å². The Morgan fingerprint density at radius 3 is 2.33 bits per heavy atom. The van der Waals surface area contributed by atoms with Gasteiger partial charge in [-0.25, -0.2) is 0 Å². The van der Waals surface area contributed by atoms with Gasteiger partial charge in [0.2, 0.25) is 0 Å². The van der Waals surface area contributed by atoms with Crippen LogP contribution < -0.4 is 18.9 Å². The summed E-state index contributed by atoms with van der Waals surface area (Å²) in [6, 6.07) is 0. The largest absolute Gasteiger partial charge is 1.00 e. The summed E-state index contributed by atoms with van der Waals surface area (Å²) in [5.74, 6) is 1.77. The zero-order chi connectivity index (χ0) is 9.97. The third kappa shape index (κ3) is 3.78. The first-order valence-corrected chi connectivity index (χ1v) is 6.04. The molecule has 1 unspecified atom stereocenters. The van der Waals surface area contributed by atoms with Gasteiger partial charge >= 0.3 is 18.9 Å². The van der Waals surface area contributed by atoms with Crippen LogP contribution in [0, 0.1) is 18.0 Å². The zero-order valence-electron chi connectivity index (χ0n) is 10.5. The molecule has 81 valence electrons. The molecule has 1 atom stereocenters. The van der Waals surface area contributed by atoms with E-state index < -0.39 is 0 Å². The van der Waals surface area contributed by atoms with Gasteiger partial charge < -0.3 is 10.2 Å². The van der Waals surface area contributed by atoms with Crippen molar-refractivity contribution in [1.29, 1.82) is 0 Å².